The van der Waals surface area contributed by atoms with Crippen LogP contribution in [0, 0.1) is 0 Å². The van der Waals surface area contributed by atoms with Crippen molar-refractivity contribution < 1.29 is 23.8 Å². The van der Waals surface area contributed by atoms with Crippen LogP contribution in [0.5, 0.6) is 11.5 Å². The molecule has 0 N–H and O–H groups in total. The zero-order valence-electron chi connectivity index (χ0n) is 19.7. The van der Waals surface area contributed by atoms with Crippen LogP contribution in [0.25, 0.3) is 6.08 Å². The van der Waals surface area contributed by atoms with Crippen LogP contribution in [0.15, 0.2) is 69.6 Å². The number of ether oxygens (including phenoxy) is 3. The van der Waals surface area contributed by atoms with Crippen LogP contribution in [0.1, 0.15) is 37.9 Å². The fourth-order valence-electron chi connectivity index (χ4n) is 3.84. The molecule has 9 heteroatoms. The van der Waals surface area contributed by atoms with Crippen molar-refractivity contribution in [2.75, 3.05) is 13.7 Å². The molecule has 0 spiro atoms. The second kappa shape index (κ2) is 10.1. The molecule has 2 aromatic carbocycles. The first kappa shape index (κ1) is 24.2. The molecule has 1 aliphatic rings. The smallest absolute Gasteiger partial charge is 0.338 e. The van der Waals surface area contributed by atoms with Crippen molar-refractivity contribution in [1.29, 1.82) is 0 Å². The second-order valence-electron chi connectivity index (χ2n) is 7.74. The Kier molecular flexibility index (Phi) is 6.97. The van der Waals surface area contributed by atoms with Gasteiger partial charge in [0.25, 0.3) is 5.56 Å². The number of carbonyl (C=O) groups excluding carboxylic acids is 2. The molecule has 35 heavy (non-hydrogen) atoms. The van der Waals surface area contributed by atoms with Gasteiger partial charge in [-0.05, 0) is 55.3 Å². The molecule has 1 aromatic heterocycles. The van der Waals surface area contributed by atoms with Crippen LogP contribution >= 0.6 is 11.3 Å². The third kappa shape index (κ3) is 4.95. The number of fused-ring (bicyclic) bond motifs is 1. The van der Waals surface area contributed by atoms with Crippen molar-refractivity contribution >= 4 is 29.4 Å². The first-order chi connectivity index (χ1) is 16.8. The summed E-state index contributed by atoms with van der Waals surface area (Å²) < 4.78 is 17.6. The number of aromatic nitrogens is 1. The van der Waals surface area contributed by atoms with E-state index in [9.17, 15) is 14.4 Å². The van der Waals surface area contributed by atoms with Crippen LogP contribution in [-0.2, 0) is 14.3 Å². The van der Waals surface area contributed by atoms with Crippen LogP contribution in [0.4, 0.5) is 0 Å². The number of esters is 2. The molecule has 0 aliphatic carbocycles. The van der Waals surface area contributed by atoms with E-state index in [-0.39, 0.29) is 12.2 Å². The van der Waals surface area contributed by atoms with Gasteiger partial charge in [-0.15, -0.1) is 0 Å². The summed E-state index contributed by atoms with van der Waals surface area (Å²) in [7, 11) is 1.57. The fraction of sp³-hybridized carbons (Fsp3) is 0.231. The van der Waals surface area contributed by atoms with Gasteiger partial charge >= 0.3 is 11.9 Å². The Bertz CT molecular complexity index is 1480. The predicted octanol–water partition coefficient (Wildman–Crippen LogP) is 2.73. The Labute approximate surface area is 205 Å². The maximum atomic E-state index is 13.6. The molecule has 0 radical (unpaired) electrons. The maximum Gasteiger partial charge on any atom is 0.338 e. The minimum atomic E-state index is -0.690. The minimum Gasteiger partial charge on any atom is -0.497 e. The zero-order chi connectivity index (χ0) is 25.1. The van der Waals surface area contributed by atoms with Gasteiger partial charge in [0.05, 0.1) is 35.6 Å². The molecule has 4 rings (SSSR count). The van der Waals surface area contributed by atoms with Gasteiger partial charge in [-0.25, -0.2) is 9.79 Å². The summed E-state index contributed by atoms with van der Waals surface area (Å²) in [6, 6.07) is 13.4. The Morgan fingerprint density at radius 1 is 1.09 bits per heavy atom. The molecule has 0 bridgehead atoms. The second-order valence-corrected chi connectivity index (χ2v) is 8.75. The van der Waals surface area contributed by atoms with Crippen molar-refractivity contribution in [3.63, 3.8) is 0 Å². The number of hydrogen-bond acceptors (Lipinski definition) is 8. The van der Waals surface area contributed by atoms with Gasteiger partial charge in [0.15, 0.2) is 4.80 Å². The maximum absolute atomic E-state index is 13.6. The van der Waals surface area contributed by atoms with E-state index in [0.717, 1.165) is 11.1 Å². The van der Waals surface area contributed by atoms with Gasteiger partial charge in [0.2, 0.25) is 0 Å². The highest BCUT2D eigenvalue weighted by Gasteiger charge is 2.33. The number of nitrogens with zero attached hydrogens (tertiary/aromatic N) is 2. The molecule has 0 amide bonds. The first-order valence-electron chi connectivity index (χ1n) is 10.9. The van der Waals surface area contributed by atoms with Gasteiger partial charge in [-0.2, -0.15) is 0 Å². The average molecular weight is 493 g/mol. The van der Waals surface area contributed by atoms with Gasteiger partial charge in [0.1, 0.15) is 11.5 Å². The number of rotatable bonds is 6. The van der Waals surface area contributed by atoms with Gasteiger partial charge in [-0.1, -0.05) is 35.6 Å². The third-order valence-corrected chi connectivity index (χ3v) is 6.37. The standard InChI is InChI=1S/C26H24N2O6S/c1-5-33-25(31)22-15(2)27-26-28(23(22)18-8-12-19(32-4)13-9-18)24(30)21(35-26)14-17-6-10-20(11-7-17)34-16(3)29/h6-14,23H,5H2,1-4H3/t23-/m1/s1. The minimum absolute atomic E-state index is 0.207. The Balaban J connectivity index is 1.85. The molecule has 1 atom stereocenters. The lowest BCUT2D eigenvalue weighted by molar-refractivity contribution is -0.139. The van der Waals surface area contributed by atoms with Gasteiger partial charge in [-0.3, -0.25) is 14.2 Å². The predicted molar refractivity (Wildman–Crippen MR) is 131 cm³/mol. The summed E-state index contributed by atoms with van der Waals surface area (Å²) >= 11 is 1.24. The molecule has 2 heterocycles. The summed E-state index contributed by atoms with van der Waals surface area (Å²) in [4.78, 5) is 42.7. The molecule has 0 saturated heterocycles. The summed E-state index contributed by atoms with van der Waals surface area (Å²) in [5, 5.41) is 0. The lowest BCUT2D eigenvalue weighted by Gasteiger charge is -2.24. The van der Waals surface area contributed by atoms with Gasteiger partial charge < -0.3 is 14.2 Å². The zero-order valence-corrected chi connectivity index (χ0v) is 20.5. The van der Waals surface area contributed by atoms with Crippen molar-refractivity contribution in [1.82, 2.24) is 4.57 Å². The van der Waals surface area contributed by atoms with Crippen LogP contribution < -0.4 is 24.4 Å². The number of allylic oxidation sites excluding steroid dienone is 1. The lowest BCUT2D eigenvalue weighted by Crippen LogP contribution is -2.39. The molecule has 180 valence electrons. The number of carbonyl (C=O) groups is 2. The number of methoxy groups -OCH3 is 1. The highest BCUT2D eigenvalue weighted by atomic mass is 32.1. The SMILES string of the molecule is CCOC(=O)C1=C(C)N=c2sc(=Cc3ccc(OC(C)=O)cc3)c(=O)n2[C@@H]1c1ccc(OC)cc1. The fourth-order valence-corrected chi connectivity index (χ4v) is 4.89. The van der Waals surface area contributed by atoms with Crippen molar-refractivity contribution in [2.45, 2.75) is 26.8 Å². The summed E-state index contributed by atoms with van der Waals surface area (Å²) in [5.41, 5.74) is 2.05. The van der Waals surface area contributed by atoms with Crippen LogP contribution in [-0.4, -0.2) is 30.2 Å². The molecule has 0 fully saturated rings. The first-order valence-corrected chi connectivity index (χ1v) is 11.8. The van der Waals surface area contributed by atoms with E-state index in [1.165, 1.54) is 22.8 Å². The Hall–Kier alpha value is -3.98. The highest BCUT2D eigenvalue weighted by Crippen LogP contribution is 2.31. The Morgan fingerprint density at radius 3 is 2.34 bits per heavy atom. The number of hydrogen-bond donors (Lipinski definition) is 0. The molecular weight excluding hydrogens is 468 g/mol. The Morgan fingerprint density at radius 2 is 1.74 bits per heavy atom. The van der Waals surface area contributed by atoms with Crippen molar-refractivity contribution in [3.05, 3.63) is 90.6 Å². The van der Waals surface area contributed by atoms with Crippen LogP contribution in [0.3, 0.4) is 0 Å². The quantitative estimate of drug-likeness (QED) is 0.388. The van der Waals surface area contributed by atoms with E-state index in [2.05, 4.69) is 4.99 Å². The molecule has 0 unspecified atom stereocenters. The summed E-state index contributed by atoms with van der Waals surface area (Å²) in [5.74, 6) is 0.171. The van der Waals surface area contributed by atoms with E-state index < -0.39 is 18.0 Å². The van der Waals surface area contributed by atoms with E-state index in [0.29, 0.717) is 32.1 Å². The lowest BCUT2D eigenvalue weighted by atomic mass is 9.96. The largest absolute Gasteiger partial charge is 0.497 e. The average Bonchev–Trinajstić information content (AvgIpc) is 3.13. The van der Waals surface area contributed by atoms with E-state index in [4.69, 9.17) is 14.2 Å². The number of thiazole rings is 1. The summed E-state index contributed by atoms with van der Waals surface area (Å²) in [6.45, 7) is 5.02. The monoisotopic (exact) mass is 492 g/mol. The van der Waals surface area contributed by atoms with Gasteiger partial charge in [0, 0.05) is 6.92 Å². The van der Waals surface area contributed by atoms with E-state index >= 15 is 0 Å². The van der Waals surface area contributed by atoms with E-state index in [1.54, 1.807) is 63.4 Å². The molecular formula is C26H24N2O6S. The van der Waals surface area contributed by atoms with E-state index in [1.807, 2.05) is 12.1 Å². The van der Waals surface area contributed by atoms with Crippen molar-refractivity contribution in [2.24, 2.45) is 4.99 Å². The highest BCUT2D eigenvalue weighted by molar-refractivity contribution is 7.07. The molecule has 1 aliphatic heterocycles. The number of benzene rings is 2. The topological polar surface area (TPSA) is 96.2 Å². The molecule has 8 nitrogen and oxygen atoms in total. The normalized spacial score (nSPS) is 15.3. The third-order valence-electron chi connectivity index (χ3n) is 5.39. The molecule has 3 aromatic rings. The van der Waals surface area contributed by atoms with Crippen molar-refractivity contribution in [3.8, 4) is 11.5 Å². The molecule has 0 saturated carbocycles. The van der Waals surface area contributed by atoms with Crippen LogP contribution in [0.2, 0.25) is 0 Å². The summed E-state index contributed by atoms with van der Waals surface area (Å²) in [6.07, 6.45) is 1.75.